The molecule has 3 aromatic rings. The Balaban J connectivity index is 2.01. The van der Waals surface area contributed by atoms with Crippen LogP contribution in [0.25, 0.3) is 22.2 Å². The largest absolute Gasteiger partial charge is 0.441 e. The first-order chi connectivity index (χ1) is 9.26. The lowest BCUT2D eigenvalue weighted by Crippen LogP contribution is -1.94. The number of oxazole rings is 1. The number of aromatic nitrogens is 3. The Morgan fingerprint density at radius 2 is 2.00 bits per heavy atom. The lowest BCUT2D eigenvalue weighted by molar-refractivity contribution is 0.561. The minimum absolute atomic E-state index is 0.282. The Labute approximate surface area is 108 Å². The zero-order valence-electron chi connectivity index (χ0n) is 10.1. The molecule has 0 saturated carbocycles. The molecule has 2 heterocycles. The van der Waals surface area contributed by atoms with Crippen molar-refractivity contribution in [3.8, 4) is 17.3 Å². The number of nitrogens with zero attached hydrogens (tertiary/aromatic N) is 4. The van der Waals surface area contributed by atoms with Gasteiger partial charge >= 0.3 is 0 Å². The van der Waals surface area contributed by atoms with Gasteiger partial charge in [0.2, 0.25) is 5.95 Å². The van der Waals surface area contributed by atoms with Crippen molar-refractivity contribution in [1.29, 1.82) is 5.26 Å². The summed E-state index contributed by atoms with van der Waals surface area (Å²) in [6.45, 7) is 1.81. The maximum Gasteiger partial charge on any atom is 0.236 e. The Bertz CT molecular complexity index is 770. The molecule has 0 aliphatic rings. The van der Waals surface area contributed by atoms with Crippen molar-refractivity contribution in [2.75, 3.05) is 5.32 Å². The van der Waals surface area contributed by atoms with E-state index in [2.05, 4.69) is 20.3 Å². The van der Waals surface area contributed by atoms with E-state index >= 15 is 0 Å². The number of fused-ring (bicyclic) bond motifs is 1. The van der Waals surface area contributed by atoms with Crippen LogP contribution in [0.5, 0.6) is 0 Å². The number of nitrogens with one attached hydrogen (secondary N) is 1. The van der Waals surface area contributed by atoms with Crippen molar-refractivity contribution >= 4 is 17.0 Å². The molecule has 6 nitrogen and oxygen atoms in total. The van der Waals surface area contributed by atoms with Gasteiger partial charge in [0.05, 0.1) is 0 Å². The third-order valence-electron chi connectivity index (χ3n) is 2.65. The van der Waals surface area contributed by atoms with Crippen LogP contribution in [0, 0.1) is 18.4 Å². The second kappa shape index (κ2) is 4.38. The molecule has 0 radical (unpaired) electrons. The second-order valence-corrected chi connectivity index (χ2v) is 3.95. The van der Waals surface area contributed by atoms with E-state index in [1.807, 2.05) is 25.1 Å². The van der Waals surface area contributed by atoms with Crippen molar-refractivity contribution in [2.24, 2.45) is 0 Å². The lowest BCUT2D eigenvalue weighted by Gasteiger charge is -2.01. The number of nitriles is 1. The fourth-order valence-corrected chi connectivity index (χ4v) is 1.81. The van der Waals surface area contributed by atoms with E-state index in [-0.39, 0.29) is 5.95 Å². The van der Waals surface area contributed by atoms with Crippen LogP contribution in [0.4, 0.5) is 5.95 Å². The molecule has 2 aromatic heterocycles. The summed E-state index contributed by atoms with van der Waals surface area (Å²) in [6, 6.07) is 5.71. The molecular weight excluding hydrogens is 242 g/mol. The summed E-state index contributed by atoms with van der Waals surface area (Å²) in [5.74, 6) is 0.918. The lowest BCUT2D eigenvalue weighted by atomic mass is 10.1. The van der Waals surface area contributed by atoms with E-state index in [0.717, 1.165) is 22.2 Å². The second-order valence-electron chi connectivity index (χ2n) is 3.95. The first-order valence-corrected chi connectivity index (χ1v) is 5.61. The van der Waals surface area contributed by atoms with Gasteiger partial charge in [0.1, 0.15) is 5.52 Å². The van der Waals surface area contributed by atoms with Gasteiger partial charge in [-0.3, -0.25) is 5.32 Å². The highest BCUT2D eigenvalue weighted by molar-refractivity contribution is 5.80. The van der Waals surface area contributed by atoms with E-state index in [4.69, 9.17) is 9.68 Å². The van der Waals surface area contributed by atoms with E-state index in [9.17, 15) is 0 Å². The van der Waals surface area contributed by atoms with Crippen LogP contribution in [0.2, 0.25) is 0 Å². The quantitative estimate of drug-likeness (QED) is 0.556. The molecule has 6 heteroatoms. The first kappa shape index (κ1) is 11.2. The van der Waals surface area contributed by atoms with Crippen LogP contribution in [-0.2, 0) is 0 Å². The van der Waals surface area contributed by atoms with Crippen LogP contribution in [0.15, 0.2) is 35.0 Å². The predicted molar refractivity (Wildman–Crippen MR) is 69.0 cm³/mol. The average molecular weight is 251 g/mol. The molecule has 0 aliphatic heterocycles. The van der Waals surface area contributed by atoms with Gasteiger partial charge in [-0.05, 0) is 17.7 Å². The zero-order valence-corrected chi connectivity index (χ0v) is 10.1. The third kappa shape index (κ3) is 2.09. The van der Waals surface area contributed by atoms with Gasteiger partial charge in [-0.25, -0.2) is 15.0 Å². The summed E-state index contributed by atoms with van der Waals surface area (Å²) in [7, 11) is 0. The third-order valence-corrected chi connectivity index (χ3v) is 2.65. The fraction of sp³-hybridized carbons (Fsp3) is 0.0769. The number of hydrogen-bond donors (Lipinski definition) is 1. The van der Waals surface area contributed by atoms with Crippen molar-refractivity contribution in [2.45, 2.75) is 6.92 Å². The van der Waals surface area contributed by atoms with Gasteiger partial charge in [0, 0.05) is 24.9 Å². The normalized spacial score (nSPS) is 10.3. The maximum absolute atomic E-state index is 8.47. The van der Waals surface area contributed by atoms with Gasteiger partial charge in [-0.2, -0.15) is 5.26 Å². The van der Waals surface area contributed by atoms with E-state index in [0.29, 0.717) is 5.89 Å². The van der Waals surface area contributed by atoms with Gasteiger partial charge in [-0.15, -0.1) is 0 Å². The molecule has 92 valence electrons. The van der Waals surface area contributed by atoms with Crippen molar-refractivity contribution in [3.63, 3.8) is 0 Å². The van der Waals surface area contributed by atoms with Crippen LogP contribution in [-0.4, -0.2) is 15.0 Å². The summed E-state index contributed by atoms with van der Waals surface area (Å²) in [4.78, 5) is 12.4. The molecule has 0 atom stereocenters. The molecule has 1 N–H and O–H groups in total. The van der Waals surface area contributed by atoms with Crippen LogP contribution >= 0.6 is 0 Å². The molecule has 0 amide bonds. The summed E-state index contributed by atoms with van der Waals surface area (Å²) in [5, 5.41) is 10.8. The Morgan fingerprint density at radius 3 is 2.74 bits per heavy atom. The minimum atomic E-state index is 0.282. The van der Waals surface area contributed by atoms with Gasteiger partial charge in [-0.1, -0.05) is 6.07 Å². The number of benzene rings is 1. The van der Waals surface area contributed by atoms with Crippen molar-refractivity contribution in [3.05, 3.63) is 36.5 Å². The van der Waals surface area contributed by atoms with Crippen molar-refractivity contribution in [1.82, 2.24) is 15.0 Å². The molecule has 0 saturated heterocycles. The Morgan fingerprint density at radius 1 is 1.21 bits per heavy atom. The Kier molecular flexibility index (Phi) is 2.58. The number of hydrogen-bond acceptors (Lipinski definition) is 6. The van der Waals surface area contributed by atoms with Crippen LogP contribution in [0.1, 0.15) is 5.89 Å². The maximum atomic E-state index is 8.47. The summed E-state index contributed by atoms with van der Waals surface area (Å²) in [5.41, 5.74) is 3.36. The van der Waals surface area contributed by atoms with Gasteiger partial charge in [0.15, 0.2) is 17.7 Å². The molecule has 0 bridgehead atoms. The molecular formula is C13H9N5O. The first-order valence-electron chi connectivity index (χ1n) is 5.61. The highest BCUT2D eigenvalue weighted by Crippen LogP contribution is 2.24. The fourth-order valence-electron chi connectivity index (χ4n) is 1.81. The zero-order chi connectivity index (χ0) is 13.2. The smallest absolute Gasteiger partial charge is 0.236 e. The predicted octanol–water partition coefficient (Wildman–Crippen LogP) is 2.49. The SMILES string of the molecule is Cc1nc2cc(-c3cnc(NC#N)nc3)ccc2o1. The Hall–Kier alpha value is -2.94. The van der Waals surface area contributed by atoms with Crippen LogP contribution < -0.4 is 5.32 Å². The minimum Gasteiger partial charge on any atom is -0.441 e. The molecule has 0 spiro atoms. The summed E-state index contributed by atoms with van der Waals surface area (Å²) >= 11 is 0. The van der Waals surface area contributed by atoms with Crippen molar-refractivity contribution < 1.29 is 4.42 Å². The van der Waals surface area contributed by atoms with Gasteiger partial charge in [0.25, 0.3) is 0 Å². The standard InChI is InChI=1S/C13H9N5O/c1-8-18-11-4-9(2-3-12(11)19-8)10-5-15-13(16-6-10)17-7-14/h2-6H,1H3,(H,15,16,17). The van der Waals surface area contributed by atoms with Gasteiger partial charge < -0.3 is 4.42 Å². The molecule has 0 aliphatic carbocycles. The molecule has 0 fully saturated rings. The number of aryl methyl sites for hydroxylation is 1. The molecule has 0 unspecified atom stereocenters. The summed E-state index contributed by atoms with van der Waals surface area (Å²) in [6.07, 6.45) is 5.08. The highest BCUT2D eigenvalue weighted by Gasteiger charge is 2.05. The van der Waals surface area contributed by atoms with Crippen LogP contribution in [0.3, 0.4) is 0 Å². The summed E-state index contributed by atoms with van der Waals surface area (Å²) < 4.78 is 5.42. The molecule has 3 rings (SSSR count). The number of anilines is 1. The highest BCUT2D eigenvalue weighted by atomic mass is 16.3. The van der Waals surface area contributed by atoms with E-state index in [1.54, 1.807) is 18.6 Å². The topological polar surface area (TPSA) is 87.6 Å². The molecule has 19 heavy (non-hydrogen) atoms. The monoisotopic (exact) mass is 251 g/mol. The van der Waals surface area contributed by atoms with E-state index < -0.39 is 0 Å². The molecule has 1 aromatic carbocycles. The van der Waals surface area contributed by atoms with E-state index in [1.165, 1.54) is 0 Å². The average Bonchev–Trinajstić information content (AvgIpc) is 2.79. The number of rotatable bonds is 2.